The first-order valence-electron chi connectivity index (χ1n) is 6.18. The lowest BCUT2D eigenvalue weighted by molar-refractivity contribution is 0.0572. The summed E-state index contributed by atoms with van der Waals surface area (Å²) in [5, 5.41) is 26.9. The van der Waals surface area contributed by atoms with Crippen molar-refractivity contribution in [2.75, 3.05) is 13.1 Å². The molecule has 100 valence electrons. The molecule has 0 bridgehead atoms. The molecular formula is C13H15N3O3. The van der Waals surface area contributed by atoms with Gasteiger partial charge in [-0.3, -0.25) is 4.90 Å². The van der Waals surface area contributed by atoms with Gasteiger partial charge in [0.1, 0.15) is 0 Å². The van der Waals surface area contributed by atoms with Gasteiger partial charge >= 0.3 is 0 Å². The highest BCUT2D eigenvalue weighted by Crippen LogP contribution is 2.19. The second kappa shape index (κ2) is 5.08. The molecule has 0 amide bonds. The molecule has 1 saturated heterocycles. The maximum Gasteiger partial charge on any atom is 0.247 e. The van der Waals surface area contributed by atoms with Gasteiger partial charge in [-0.25, -0.2) is 0 Å². The van der Waals surface area contributed by atoms with Gasteiger partial charge in [0.15, 0.2) is 0 Å². The molecule has 2 heterocycles. The minimum Gasteiger partial charge on any atom is -0.419 e. The number of aliphatic hydroxyl groups excluding tert-OH is 2. The number of aromatic nitrogens is 2. The van der Waals surface area contributed by atoms with Crippen LogP contribution in [0.4, 0.5) is 0 Å². The van der Waals surface area contributed by atoms with Crippen molar-refractivity contribution in [3.8, 4) is 11.5 Å². The minimum absolute atomic E-state index is 0.421. The number of likely N-dealkylation sites (tertiary alicyclic amines) is 1. The van der Waals surface area contributed by atoms with E-state index in [9.17, 15) is 10.2 Å². The number of β-amino-alcohol motifs (C(OH)–C–C–N with tert-alkyl or cyclic N) is 2. The Morgan fingerprint density at radius 2 is 1.79 bits per heavy atom. The lowest BCUT2D eigenvalue weighted by atomic mass is 10.2. The molecule has 2 atom stereocenters. The van der Waals surface area contributed by atoms with Crippen LogP contribution in [0.1, 0.15) is 5.89 Å². The molecular weight excluding hydrogens is 246 g/mol. The maximum atomic E-state index is 9.47. The van der Waals surface area contributed by atoms with Crippen molar-refractivity contribution in [2.45, 2.75) is 18.8 Å². The Bertz CT molecular complexity index is 533. The minimum atomic E-state index is -0.698. The van der Waals surface area contributed by atoms with Crippen LogP contribution in [0.2, 0.25) is 0 Å². The van der Waals surface area contributed by atoms with Gasteiger partial charge in [-0.05, 0) is 12.1 Å². The fraction of sp³-hybridized carbons (Fsp3) is 0.385. The van der Waals surface area contributed by atoms with E-state index in [2.05, 4.69) is 10.2 Å². The zero-order chi connectivity index (χ0) is 13.2. The smallest absolute Gasteiger partial charge is 0.247 e. The summed E-state index contributed by atoms with van der Waals surface area (Å²) in [4.78, 5) is 1.89. The highest BCUT2D eigenvalue weighted by Gasteiger charge is 2.30. The van der Waals surface area contributed by atoms with Crippen LogP contribution in [0, 0.1) is 0 Å². The van der Waals surface area contributed by atoms with Crippen LogP contribution in [0.5, 0.6) is 0 Å². The van der Waals surface area contributed by atoms with E-state index in [-0.39, 0.29) is 0 Å². The molecule has 0 saturated carbocycles. The number of rotatable bonds is 3. The summed E-state index contributed by atoms with van der Waals surface area (Å²) in [6.45, 7) is 1.28. The summed E-state index contributed by atoms with van der Waals surface area (Å²) in [6, 6.07) is 9.55. The second-order valence-corrected chi connectivity index (χ2v) is 4.70. The third-order valence-corrected chi connectivity index (χ3v) is 3.18. The van der Waals surface area contributed by atoms with Crippen LogP contribution in [0.25, 0.3) is 11.5 Å². The Balaban J connectivity index is 1.69. The van der Waals surface area contributed by atoms with Crippen molar-refractivity contribution < 1.29 is 14.6 Å². The van der Waals surface area contributed by atoms with E-state index in [4.69, 9.17) is 4.42 Å². The van der Waals surface area contributed by atoms with Gasteiger partial charge in [0.05, 0.1) is 18.8 Å². The molecule has 6 heteroatoms. The Hall–Kier alpha value is -1.76. The average Bonchev–Trinajstić information content (AvgIpc) is 2.99. The lowest BCUT2D eigenvalue weighted by Gasteiger charge is -2.10. The maximum absolute atomic E-state index is 9.47. The first kappa shape index (κ1) is 12.3. The summed E-state index contributed by atoms with van der Waals surface area (Å²) >= 11 is 0. The summed E-state index contributed by atoms with van der Waals surface area (Å²) < 4.78 is 5.57. The third-order valence-electron chi connectivity index (χ3n) is 3.18. The first-order valence-corrected chi connectivity index (χ1v) is 6.18. The molecule has 3 rings (SSSR count). The van der Waals surface area contributed by atoms with E-state index in [0.29, 0.717) is 31.4 Å². The van der Waals surface area contributed by atoms with Gasteiger partial charge in [0.25, 0.3) is 0 Å². The van der Waals surface area contributed by atoms with Crippen molar-refractivity contribution in [3.63, 3.8) is 0 Å². The molecule has 2 N–H and O–H groups in total. The molecule has 0 radical (unpaired) electrons. The normalized spacial score (nSPS) is 23.9. The predicted molar refractivity (Wildman–Crippen MR) is 67.0 cm³/mol. The van der Waals surface area contributed by atoms with E-state index in [1.54, 1.807) is 0 Å². The highest BCUT2D eigenvalue weighted by molar-refractivity contribution is 5.51. The van der Waals surface area contributed by atoms with Crippen LogP contribution >= 0.6 is 0 Å². The standard InChI is InChI=1S/C13H15N3O3/c17-10-6-16(7-11(10)18)8-12-14-15-13(19-12)9-4-2-1-3-5-9/h1-5,10-11,17-18H,6-8H2. The van der Waals surface area contributed by atoms with Crippen LogP contribution in [-0.2, 0) is 6.54 Å². The van der Waals surface area contributed by atoms with Crippen LogP contribution < -0.4 is 0 Å². The van der Waals surface area contributed by atoms with E-state index in [1.807, 2.05) is 35.2 Å². The number of benzene rings is 1. The quantitative estimate of drug-likeness (QED) is 0.825. The van der Waals surface area contributed by atoms with Crippen molar-refractivity contribution >= 4 is 0 Å². The number of hydrogen-bond acceptors (Lipinski definition) is 6. The average molecular weight is 261 g/mol. The highest BCUT2D eigenvalue weighted by atomic mass is 16.4. The Kier molecular flexibility index (Phi) is 3.29. The Morgan fingerprint density at radius 1 is 1.11 bits per heavy atom. The lowest BCUT2D eigenvalue weighted by Crippen LogP contribution is -2.22. The molecule has 6 nitrogen and oxygen atoms in total. The first-order chi connectivity index (χ1) is 9.22. The Morgan fingerprint density at radius 3 is 2.47 bits per heavy atom. The predicted octanol–water partition coefficient (Wildman–Crippen LogP) is 0.274. The monoisotopic (exact) mass is 261 g/mol. The van der Waals surface area contributed by atoms with E-state index in [1.165, 1.54) is 0 Å². The van der Waals surface area contributed by atoms with Gasteiger partial charge in [0, 0.05) is 18.7 Å². The molecule has 1 aromatic carbocycles. The van der Waals surface area contributed by atoms with Crippen LogP contribution in [-0.4, -0.2) is 50.6 Å². The van der Waals surface area contributed by atoms with E-state index < -0.39 is 12.2 Å². The largest absolute Gasteiger partial charge is 0.419 e. The fourth-order valence-electron chi connectivity index (χ4n) is 2.18. The third kappa shape index (κ3) is 2.65. The van der Waals surface area contributed by atoms with Crippen molar-refractivity contribution in [3.05, 3.63) is 36.2 Å². The van der Waals surface area contributed by atoms with Gasteiger partial charge in [-0.2, -0.15) is 0 Å². The molecule has 0 aliphatic carbocycles. The summed E-state index contributed by atoms with van der Waals surface area (Å²) in [6.07, 6.45) is -1.40. The summed E-state index contributed by atoms with van der Waals surface area (Å²) in [5.41, 5.74) is 0.878. The molecule has 2 aromatic rings. The van der Waals surface area contributed by atoms with Gasteiger partial charge in [-0.1, -0.05) is 18.2 Å². The van der Waals surface area contributed by atoms with Gasteiger partial charge in [0.2, 0.25) is 11.8 Å². The molecule has 2 unspecified atom stereocenters. The topological polar surface area (TPSA) is 82.6 Å². The number of hydrogen-bond donors (Lipinski definition) is 2. The molecule has 1 aliphatic rings. The van der Waals surface area contributed by atoms with Gasteiger partial charge < -0.3 is 14.6 Å². The molecule has 0 spiro atoms. The van der Waals surface area contributed by atoms with Gasteiger partial charge in [-0.15, -0.1) is 10.2 Å². The molecule has 1 aliphatic heterocycles. The van der Waals surface area contributed by atoms with E-state index >= 15 is 0 Å². The van der Waals surface area contributed by atoms with E-state index in [0.717, 1.165) is 5.56 Å². The fourth-order valence-corrected chi connectivity index (χ4v) is 2.18. The summed E-state index contributed by atoms with van der Waals surface area (Å²) in [5.74, 6) is 0.969. The zero-order valence-corrected chi connectivity index (χ0v) is 10.3. The zero-order valence-electron chi connectivity index (χ0n) is 10.3. The van der Waals surface area contributed by atoms with Crippen molar-refractivity contribution in [2.24, 2.45) is 0 Å². The van der Waals surface area contributed by atoms with Crippen molar-refractivity contribution in [1.82, 2.24) is 15.1 Å². The molecule has 19 heavy (non-hydrogen) atoms. The summed E-state index contributed by atoms with van der Waals surface area (Å²) in [7, 11) is 0. The number of aliphatic hydroxyl groups is 2. The number of nitrogens with zero attached hydrogens (tertiary/aromatic N) is 3. The van der Waals surface area contributed by atoms with Crippen LogP contribution in [0.15, 0.2) is 34.7 Å². The van der Waals surface area contributed by atoms with Crippen LogP contribution in [0.3, 0.4) is 0 Å². The Labute approximate surface area is 110 Å². The molecule has 1 fully saturated rings. The molecule has 1 aromatic heterocycles. The second-order valence-electron chi connectivity index (χ2n) is 4.70. The SMILES string of the molecule is OC1CN(Cc2nnc(-c3ccccc3)o2)CC1O. The van der Waals surface area contributed by atoms with Crippen molar-refractivity contribution in [1.29, 1.82) is 0 Å².